The second kappa shape index (κ2) is 26.2. The molecule has 14 nitrogen and oxygen atoms in total. The molecule has 0 radical (unpaired) electrons. The molecule has 0 spiro atoms. The Bertz CT molecular complexity index is 1190. The first-order valence-electron chi connectivity index (χ1n) is 18.2. The number of benzene rings is 2. The van der Waals surface area contributed by atoms with Crippen molar-refractivity contribution in [2.75, 3.05) is 106 Å². The summed E-state index contributed by atoms with van der Waals surface area (Å²) in [6.07, 6.45) is 3.54. The molecule has 52 heavy (non-hydrogen) atoms. The van der Waals surface area contributed by atoms with E-state index in [-0.39, 0.29) is 25.2 Å². The van der Waals surface area contributed by atoms with Crippen molar-refractivity contribution in [3.63, 3.8) is 0 Å². The average molecular weight is 735 g/mol. The molecule has 290 valence electrons. The second-order valence-electron chi connectivity index (χ2n) is 11.9. The molecule has 14 heteroatoms. The van der Waals surface area contributed by atoms with Crippen LogP contribution in [-0.2, 0) is 60.7 Å². The van der Waals surface area contributed by atoms with Crippen LogP contribution >= 0.6 is 0 Å². The van der Waals surface area contributed by atoms with Gasteiger partial charge in [0.1, 0.15) is 39.6 Å². The van der Waals surface area contributed by atoms with E-state index < -0.39 is 0 Å². The van der Waals surface area contributed by atoms with Gasteiger partial charge in [-0.25, -0.2) is 0 Å². The van der Waals surface area contributed by atoms with Gasteiger partial charge in [0.05, 0.1) is 79.3 Å². The van der Waals surface area contributed by atoms with Gasteiger partial charge < -0.3 is 56.8 Å². The standard InChI is InChI=1S/C38H54O14/c39-37(51-29-31-7-9-33-35(27-31)49-25-21-45-17-13-41-11-15-43-19-23-47-33)5-3-1-2-4-6-38(40)52-30-32-8-10-34-36(28-32)50-26-22-46-18-14-42-12-16-44-20-24-48-34/h7-10,27-28H,1-6,11-26,29-30H2. The van der Waals surface area contributed by atoms with E-state index in [1.54, 1.807) is 12.1 Å². The van der Waals surface area contributed by atoms with Gasteiger partial charge in [-0.2, -0.15) is 0 Å². The quantitative estimate of drug-likeness (QED) is 0.237. The van der Waals surface area contributed by atoms with Crippen LogP contribution in [0.5, 0.6) is 23.0 Å². The molecule has 2 aromatic carbocycles. The van der Waals surface area contributed by atoms with Crippen molar-refractivity contribution < 1.29 is 66.4 Å². The Labute approximate surface area is 306 Å². The fourth-order valence-electron chi connectivity index (χ4n) is 5.04. The van der Waals surface area contributed by atoms with E-state index in [9.17, 15) is 9.59 Å². The van der Waals surface area contributed by atoms with E-state index in [1.807, 2.05) is 24.3 Å². The van der Waals surface area contributed by atoms with Crippen LogP contribution in [0, 0.1) is 0 Å². The lowest BCUT2D eigenvalue weighted by Gasteiger charge is -2.14. The number of hydrogen-bond acceptors (Lipinski definition) is 14. The van der Waals surface area contributed by atoms with Crippen LogP contribution in [0.25, 0.3) is 0 Å². The monoisotopic (exact) mass is 734 g/mol. The number of unbranched alkanes of at least 4 members (excludes halogenated alkanes) is 3. The van der Waals surface area contributed by atoms with Gasteiger partial charge in [0, 0.05) is 12.8 Å². The van der Waals surface area contributed by atoms with Crippen LogP contribution in [0.4, 0.5) is 0 Å². The van der Waals surface area contributed by atoms with Crippen LogP contribution in [0.15, 0.2) is 36.4 Å². The summed E-state index contributed by atoms with van der Waals surface area (Å²) in [7, 11) is 0. The van der Waals surface area contributed by atoms with Gasteiger partial charge in [-0.15, -0.1) is 0 Å². The fourth-order valence-corrected chi connectivity index (χ4v) is 5.04. The van der Waals surface area contributed by atoms with E-state index in [0.29, 0.717) is 154 Å². The van der Waals surface area contributed by atoms with Crippen molar-refractivity contribution in [2.45, 2.75) is 51.7 Å². The first-order chi connectivity index (χ1) is 25.7. The third-order valence-corrected chi connectivity index (χ3v) is 7.76. The summed E-state index contributed by atoms with van der Waals surface area (Å²) in [5.41, 5.74) is 1.58. The van der Waals surface area contributed by atoms with E-state index >= 15 is 0 Å². The molecule has 2 aliphatic rings. The normalized spacial score (nSPS) is 17.3. The van der Waals surface area contributed by atoms with Gasteiger partial charge >= 0.3 is 11.9 Å². The highest BCUT2D eigenvalue weighted by Crippen LogP contribution is 2.30. The minimum Gasteiger partial charge on any atom is -0.487 e. The number of ether oxygens (including phenoxy) is 12. The van der Waals surface area contributed by atoms with E-state index in [0.717, 1.165) is 24.0 Å². The summed E-state index contributed by atoms with van der Waals surface area (Å²) in [5, 5.41) is 0. The number of fused-ring (bicyclic) bond motifs is 2. The number of rotatable bonds is 11. The SMILES string of the molecule is O=C(CCCCCCC(=O)OCc1ccc2c(c1)OCCOCCOCCOCCO2)OCc1ccc2c(c1)OCCOCCOCCOCCO2. The fraction of sp³-hybridized carbons (Fsp3) is 0.632. The van der Waals surface area contributed by atoms with Gasteiger partial charge in [0.2, 0.25) is 0 Å². The minimum absolute atomic E-state index is 0.126. The molecule has 2 aliphatic heterocycles. The minimum atomic E-state index is -0.277. The Hall–Kier alpha value is -3.66. The molecule has 0 bridgehead atoms. The molecule has 0 N–H and O–H groups in total. The summed E-state index contributed by atoms with van der Waals surface area (Å²) >= 11 is 0. The molecule has 4 rings (SSSR count). The smallest absolute Gasteiger partial charge is 0.306 e. The molecule has 0 atom stereocenters. The van der Waals surface area contributed by atoms with Crippen LogP contribution < -0.4 is 18.9 Å². The molecule has 0 saturated carbocycles. The van der Waals surface area contributed by atoms with Crippen molar-refractivity contribution in [2.24, 2.45) is 0 Å². The van der Waals surface area contributed by atoms with Gasteiger partial charge in [0.15, 0.2) is 23.0 Å². The van der Waals surface area contributed by atoms with Gasteiger partial charge in [-0.05, 0) is 48.2 Å². The van der Waals surface area contributed by atoms with Crippen molar-refractivity contribution in [3.8, 4) is 23.0 Å². The third-order valence-electron chi connectivity index (χ3n) is 7.76. The molecule has 0 aliphatic carbocycles. The summed E-state index contributed by atoms with van der Waals surface area (Å²) in [6.45, 7) is 7.30. The lowest BCUT2D eigenvalue weighted by Crippen LogP contribution is -2.13. The number of hydrogen-bond donors (Lipinski definition) is 0. The zero-order valence-corrected chi connectivity index (χ0v) is 30.2. The van der Waals surface area contributed by atoms with Crippen LogP contribution in [-0.4, -0.2) is 118 Å². The maximum Gasteiger partial charge on any atom is 0.306 e. The van der Waals surface area contributed by atoms with Crippen molar-refractivity contribution in [3.05, 3.63) is 47.5 Å². The zero-order chi connectivity index (χ0) is 36.3. The second-order valence-corrected chi connectivity index (χ2v) is 11.9. The molecular weight excluding hydrogens is 680 g/mol. The predicted octanol–water partition coefficient (Wildman–Crippen LogP) is 4.46. The Balaban J connectivity index is 1.09. The van der Waals surface area contributed by atoms with Crippen LogP contribution in [0.1, 0.15) is 49.7 Å². The molecule has 0 saturated heterocycles. The van der Waals surface area contributed by atoms with E-state index in [2.05, 4.69) is 0 Å². The Morgan fingerprint density at radius 1 is 0.404 bits per heavy atom. The highest BCUT2D eigenvalue weighted by molar-refractivity contribution is 5.69. The Morgan fingerprint density at radius 2 is 0.712 bits per heavy atom. The lowest BCUT2D eigenvalue weighted by atomic mass is 10.1. The first-order valence-corrected chi connectivity index (χ1v) is 18.2. The predicted molar refractivity (Wildman–Crippen MR) is 187 cm³/mol. The molecule has 0 fully saturated rings. The summed E-state index contributed by atoms with van der Waals surface area (Å²) < 4.78 is 67.4. The highest BCUT2D eigenvalue weighted by Gasteiger charge is 2.12. The topological polar surface area (TPSA) is 145 Å². The van der Waals surface area contributed by atoms with Crippen LogP contribution in [0.2, 0.25) is 0 Å². The van der Waals surface area contributed by atoms with Gasteiger partial charge in [-0.3, -0.25) is 9.59 Å². The molecular formula is C38H54O14. The molecule has 0 amide bonds. The van der Waals surface area contributed by atoms with E-state index in [1.165, 1.54) is 0 Å². The average Bonchev–Trinajstić information content (AvgIpc) is 3.17. The van der Waals surface area contributed by atoms with Crippen molar-refractivity contribution in [1.29, 1.82) is 0 Å². The molecule has 2 heterocycles. The van der Waals surface area contributed by atoms with Crippen molar-refractivity contribution in [1.82, 2.24) is 0 Å². The van der Waals surface area contributed by atoms with E-state index in [4.69, 9.17) is 56.8 Å². The maximum absolute atomic E-state index is 12.4. The first kappa shape index (κ1) is 41.1. The number of esters is 2. The summed E-state index contributed by atoms with van der Waals surface area (Å²) in [5.74, 6) is 1.73. The molecule has 2 aromatic rings. The Morgan fingerprint density at radius 3 is 1.06 bits per heavy atom. The zero-order valence-electron chi connectivity index (χ0n) is 30.2. The largest absolute Gasteiger partial charge is 0.487 e. The van der Waals surface area contributed by atoms with Crippen LogP contribution in [0.3, 0.4) is 0 Å². The van der Waals surface area contributed by atoms with Crippen molar-refractivity contribution >= 4 is 11.9 Å². The summed E-state index contributed by atoms with van der Waals surface area (Å²) in [6, 6.07) is 10.9. The summed E-state index contributed by atoms with van der Waals surface area (Å²) in [4.78, 5) is 24.8. The molecule has 0 unspecified atom stereocenters. The molecule has 0 aromatic heterocycles. The van der Waals surface area contributed by atoms with Gasteiger partial charge in [0.25, 0.3) is 0 Å². The number of carbonyl (C=O) groups excluding carboxylic acids is 2. The lowest BCUT2D eigenvalue weighted by molar-refractivity contribution is -0.146. The highest BCUT2D eigenvalue weighted by atomic mass is 16.6. The third kappa shape index (κ3) is 17.7. The Kier molecular flexibility index (Phi) is 20.7. The maximum atomic E-state index is 12.4. The van der Waals surface area contributed by atoms with Gasteiger partial charge in [-0.1, -0.05) is 25.0 Å². The number of carbonyl (C=O) groups is 2.